The van der Waals surface area contributed by atoms with E-state index in [1.54, 1.807) is 6.20 Å². The van der Waals surface area contributed by atoms with Gasteiger partial charge in [-0.15, -0.1) is 0 Å². The highest BCUT2D eigenvalue weighted by atomic mass is 19.4. The van der Waals surface area contributed by atoms with Crippen molar-refractivity contribution in [2.24, 2.45) is 0 Å². The third kappa shape index (κ3) is 5.60. The number of pyridine rings is 1. The fraction of sp³-hybridized carbons (Fsp3) is 0.444. The molecule has 1 amide bonds. The zero-order valence-electron chi connectivity index (χ0n) is 15.6. The van der Waals surface area contributed by atoms with Crippen molar-refractivity contribution in [3.8, 4) is 6.07 Å². The minimum Gasteiger partial charge on any atom is -0.475 e. The first kappa shape index (κ1) is 22.0. The van der Waals surface area contributed by atoms with Crippen LogP contribution in [-0.4, -0.2) is 64.2 Å². The van der Waals surface area contributed by atoms with Crippen LogP contribution in [0.4, 0.5) is 18.9 Å². The lowest BCUT2D eigenvalue weighted by atomic mass is 10.2. The number of alkyl halides is 3. The molecule has 1 unspecified atom stereocenters. The topological polar surface area (TPSA) is 113 Å². The molecule has 0 saturated carbocycles. The van der Waals surface area contributed by atoms with Gasteiger partial charge in [0.05, 0.1) is 6.07 Å². The number of carbonyl (C=O) groups is 2. The fourth-order valence-corrected chi connectivity index (χ4v) is 3.22. The van der Waals surface area contributed by atoms with Crippen LogP contribution in [-0.2, 0) is 9.59 Å². The zero-order valence-corrected chi connectivity index (χ0v) is 15.6. The monoisotopic (exact) mass is 411 g/mol. The molecular formula is C18H20F3N5O3. The molecule has 0 spiro atoms. The standard InChI is InChI=1S/C16H19N5O.C2HF3O2/c1-20(14-6-9-19-16-13(14)5-8-18-16)11-12-3-2-10-21(12)15(22)4-7-17;3-2(4,5)1(6)7/h5-6,8-9,12H,2-4,10-11H2,1H3,(H,18,19);(H,6,7). The number of aromatic nitrogens is 2. The van der Waals surface area contributed by atoms with Gasteiger partial charge < -0.3 is 19.9 Å². The number of amides is 1. The lowest BCUT2D eigenvalue weighted by Crippen LogP contribution is -2.42. The normalized spacial score (nSPS) is 16.1. The van der Waals surface area contributed by atoms with Crippen molar-refractivity contribution in [2.45, 2.75) is 31.5 Å². The Kier molecular flexibility index (Phi) is 7.03. The van der Waals surface area contributed by atoms with E-state index in [4.69, 9.17) is 15.2 Å². The number of nitriles is 1. The molecule has 29 heavy (non-hydrogen) atoms. The number of likely N-dealkylation sites (tertiary alicyclic amines) is 1. The summed E-state index contributed by atoms with van der Waals surface area (Å²) in [5, 5.41) is 16.9. The average Bonchev–Trinajstić information content (AvgIpc) is 3.30. The first-order valence-electron chi connectivity index (χ1n) is 8.75. The summed E-state index contributed by atoms with van der Waals surface area (Å²) >= 11 is 0. The molecule has 1 fully saturated rings. The Balaban J connectivity index is 0.000000370. The van der Waals surface area contributed by atoms with Gasteiger partial charge in [0, 0.05) is 49.6 Å². The molecule has 1 atom stereocenters. The second-order valence-corrected chi connectivity index (χ2v) is 6.47. The molecule has 0 aliphatic carbocycles. The van der Waals surface area contributed by atoms with Crippen LogP contribution < -0.4 is 4.90 Å². The second-order valence-electron chi connectivity index (χ2n) is 6.47. The van der Waals surface area contributed by atoms with Crippen molar-refractivity contribution in [3.63, 3.8) is 0 Å². The van der Waals surface area contributed by atoms with E-state index in [2.05, 4.69) is 14.9 Å². The molecule has 2 N–H and O–H groups in total. The zero-order chi connectivity index (χ0) is 21.6. The van der Waals surface area contributed by atoms with Crippen molar-refractivity contribution >= 4 is 28.6 Å². The number of carbonyl (C=O) groups excluding carboxylic acids is 1. The molecule has 0 bridgehead atoms. The van der Waals surface area contributed by atoms with E-state index in [0.29, 0.717) is 0 Å². The highest BCUT2D eigenvalue weighted by molar-refractivity contribution is 5.89. The summed E-state index contributed by atoms with van der Waals surface area (Å²) < 4.78 is 31.7. The number of carboxylic acid groups (broad SMARTS) is 1. The number of rotatable bonds is 4. The minimum atomic E-state index is -5.08. The lowest BCUT2D eigenvalue weighted by Gasteiger charge is -2.29. The van der Waals surface area contributed by atoms with Crippen molar-refractivity contribution in [3.05, 3.63) is 24.5 Å². The lowest BCUT2D eigenvalue weighted by molar-refractivity contribution is -0.192. The van der Waals surface area contributed by atoms with Gasteiger partial charge in [0.2, 0.25) is 5.91 Å². The molecule has 156 valence electrons. The maximum atomic E-state index is 12.0. The second kappa shape index (κ2) is 9.27. The quantitative estimate of drug-likeness (QED) is 0.799. The summed E-state index contributed by atoms with van der Waals surface area (Å²) in [6.07, 6.45) is 0.553. The van der Waals surface area contributed by atoms with Crippen LogP contribution in [0.25, 0.3) is 11.0 Å². The maximum absolute atomic E-state index is 12.0. The van der Waals surface area contributed by atoms with Crippen LogP contribution in [0.2, 0.25) is 0 Å². The molecule has 3 rings (SSSR count). The van der Waals surface area contributed by atoms with Gasteiger partial charge >= 0.3 is 12.1 Å². The maximum Gasteiger partial charge on any atom is 0.490 e. The number of likely N-dealkylation sites (N-methyl/N-ethyl adjacent to an activating group) is 1. The van der Waals surface area contributed by atoms with Gasteiger partial charge in [0.1, 0.15) is 12.1 Å². The molecule has 1 aliphatic heterocycles. The summed E-state index contributed by atoms with van der Waals surface area (Å²) in [5.74, 6) is -2.81. The minimum absolute atomic E-state index is 0.0302. The van der Waals surface area contributed by atoms with Crippen LogP contribution in [0.5, 0.6) is 0 Å². The smallest absolute Gasteiger partial charge is 0.475 e. The Bertz CT molecular complexity index is 906. The Labute approximate surface area is 164 Å². The van der Waals surface area contributed by atoms with E-state index >= 15 is 0 Å². The van der Waals surface area contributed by atoms with E-state index in [-0.39, 0.29) is 18.4 Å². The van der Waals surface area contributed by atoms with Crippen molar-refractivity contribution < 1.29 is 27.9 Å². The Morgan fingerprint density at radius 1 is 1.45 bits per heavy atom. The van der Waals surface area contributed by atoms with E-state index in [0.717, 1.165) is 42.7 Å². The van der Waals surface area contributed by atoms with Crippen molar-refractivity contribution in [1.29, 1.82) is 5.26 Å². The summed E-state index contributed by atoms with van der Waals surface area (Å²) in [4.78, 5) is 32.3. The molecule has 1 saturated heterocycles. The van der Waals surface area contributed by atoms with Crippen molar-refractivity contribution in [2.75, 3.05) is 25.0 Å². The van der Waals surface area contributed by atoms with Gasteiger partial charge in [-0.25, -0.2) is 9.78 Å². The molecule has 2 aromatic heterocycles. The molecule has 0 radical (unpaired) electrons. The predicted molar refractivity (Wildman–Crippen MR) is 98.0 cm³/mol. The molecule has 8 nitrogen and oxygen atoms in total. The average molecular weight is 411 g/mol. The molecule has 3 heterocycles. The number of nitrogens with one attached hydrogen (secondary N) is 1. The van der Waals surface area contributed by atoms with E-state index in [1.165, 1.54) is 0 Å². The molecular weight excluding hydrogens is 391 g/mol. The Morgan fingerprint density at radius 3 is 2.76 bits per heavy atom. The molecule has 2 aromatic rings. The SMILES string of the molecule is CN(CC1CCCN1C(=O)CC#N)c1ccnc2[nH]ccc12.O=C(O)C(F)(F)F. The van der Waals surface area contributed by atoms with Crippen LogP contribution in [0, 0.1) is 11.3 Å². The van der Waals surface area contributed by atoms with Gasteiger partial charge in [-0.3, -0.25) is 4.79 Å². The highest BCUT2D eigenvalue weighted by Gasteiger charge is 2.38. The number of aliphatic carboxylic acids is 1. The number of nitrogens with zero attached hydrogens (tertiary/aromatic N) is 4. The Hall–Kier alpha value is -3.29. The van der Waals surface area contributed by atoms with Gasteiger partial charge in [0.15, 0.2) is 0 Å². The fourth-order valence-electron chi connectivity index (χ4n) is 3.22. The third-order valence-corrected chi connectivity index (χ3v) is 4.50. The van der Waals surface area contributed by atoms with Crippen molar-refractivity contribution in [1.82, 2.24) is 14.9 Å². The number of H-pyrrole nitrogens is 1. The summed E-state index contributed by atoms with van der Waals surface area (Å²) in [6, 6.07) is 6.14. The summed E-state index contributed by atoms with van der Waals surface area (Å²) in [6.45, 7) is 1.52. The number of anilines is 1. The number of aromatic amines is 1. The van der Waals surface area contributed by atoms with Gasteiger partial charge in [-0.1, -0.05) is 0 Å². The van der Waals surface area contributed by atoms with Gasteiger partial charge in [-0.05, 0) is 25.0 Å². The first-order chi connectivity index (χ1) is 13.6. The highest BCUT2D eigenvalue weighted by Crippen LogP contribution is 2.26. The number of halogens is 3. The Morgan fingerprint density at radius 2 is 2.14 bits per heavy atom. The summed E-state index contributed by atoms with van der Waals surface area (Å²) in [5.41, 5.74) is 1.97. The predicted octanol–water partition coefficient (Wildman–Crippen LogP) is 2.54. The number of carboxylic acids is 1. The van der Waals surface area contributed by atoms with Crippen LogP contribution >= 0.6 is 0 Å². The molecule has 0 aromatic carbocycles. The third-order valence-electron chi connectivity index (χ3n) is 4.50. The van der Waals surface area contributed by atoms with E-state index < -0.39 is 12.1 Å². The number of fused-ring (bicyclic) bond motifs is 1. The molecule has 11 heteroatoms. The first-order valence-corrected chi connectivity index (χ1v) is 8.75. The van der Waals surface area contributed by atoms with Gasteiger partial charge in [-0.2, -0.15) is 18.4 Å². The van der Waals surface area contributed by atoms with Crippen LogP contribution in [0.1, 0.15) is 19.3 Å². The molecule has 1 aliphatic rings. The number of hydrogen-bond acceptors (Lipinski definition) is 5. The number of hydrogen-bond donors (Lipinski definition) is 2. The van der Waals surface area contributed by atoms with Gasteiger partial charge in [0.25, 0.3) is 0 Å². The summed E-state index contributed by atoms with van der Waals surface area (Å²) in [7, 11) is 2.03. The van der Waals surface area contributed by atoms with Crippen LogP contribution in [0.3, 0.4) is 0 Å². The largest absolute Gasteiger partial charge is 0.490 e. The van der Waals surface area contributed by atoms with Crippen LogP contribution in [0.15, 0.2) is 24.5 Å². The van der Waals surface area contributed by atoms with E-state index in [9.17, 15) is 18.0 Å². The van der Waals surface area contributed by atoms with E-state index in [1.807, 2.05) is 36.3 Å².